The quantitative estimate of drug-likeness (QED) is 0.708. The summed E-state index contributed by atoms with van der Waals surface area (Å²) in [5, 5.41) is 0.796. The van der Waals surface area contributed by atoms with Gasteiger partial charge in [0.1, 0.15) is 0 Å². The third-order valence-corrected chi connectivity index (χ3v) is 3.07. The van der Waals surface area contributed by atoms with E-state index in [0.29, 0.717) is 5.92 Å². The molecule has 0 saturated heterocycles. The fourth-order valence-electron chi connectivity index (χ4n) is 1.66. The van der Waals surface area contributed by atoms with Gasteiger partial charge in [-0.25, -0.2) is 0 Å². The van der Waals surface area contributed by atoms with Crippen LogP contribution in [0.2, 0.25) is 5.02 Å². The maximum atomic E-state index is 6.13. The molecule has 2 atom stereocenters. The minimum atomic E-state index is -0.141. The van der Waals surface area contributed by atoms with Gasteiger partial charge in [0.25, 0.3) is 0 Å². The molecule has 2 rings (SSSR count). The number of rotatable bonds is 1. The molecular formula is C10H12ClN. The highest BCUT2D eigenvalue weighted by atomic mass is 35.5. The predicted molar refractivity (Wildman–Crippen MR) is 51.1 cm³/mol. The van der Waals surface area contributed by atoms with Crippen molar-refractivity contribution in [3.63, 3.8) is 0 Å². The van der Waals surface area contributed by atoms with Gasteiger partial charge in [0.15, 0.2) is 0 Å². The van der Waals surface area contributed by atoms with Gasteiger partial charge in [-0.1, -0.05) is 36.7 Å². The molecule has 1 aromatic rings. The molecule has 1 aliphatic rings. The van der Waals surface area contributed by atoms with Gasteiger partial charge in [-0.3, -0.25) is 0 Å². The summed E-state index contributed by atoms with van der Waals surface area (Å²) < 4.78 is 0. The Kier molecular flexibility index (Phi) is 1.67. The maximum absolute atomic E-state index is 6.13. The second-order valence-corrected chi connectivity index (χ2v) is 4.03. The highest BCUT2D eigenvalue weighted by Gasteiger charge is 2.49. The van der Waals surface area contributed by atoms with E-state index in [1.54, 1.807) is 0 Å². The highest BCUT2D eigenvalue weighted by molar-refractivity contribution is 6.31. The first-order valence-electron chi connectivity index (χ1n) is 4.18. The van der Waals surface area contributed by atoms with E-state index in [1.165, 1.54) is 0 Å². The molecule has 0 amide bonds. The van der Waals surface area contributed by atoms with Gasteiger partial charge < -0.3 is 5.73 Å². The second kappa shape index (κ2) is 2.48. The van der Waals surface area contributed by atoms with E-state index in [0.717, 1.165) is 17.0 Å². The molecule has 1 aromatic carbocycles. The summed E-state index contributed by atoms with van der Waals surface area (Å²) in [6.07, 6.45) is 1.05. The van der Waals surface area contributed by atoms with Gasteiger partial charge in [0, 0.05) is 10.6 Å². The zero-order valence-corrected chi connectivity index (χ0v) is 7.81. The lowest BCUT2D eigenvalue weighted by Gasteiger charge is -2.11. The van der Waals surface area contributed by atoms with Crippen LogP contribution in [0, 0.1) is 5.92 Å². The van der Waals surface area contributed by atoms with Crippen molar-refractivity contribution in [3.8, 4) is 0 Å². The van der Waals surface area contributed by atoms with Crippen LogP contribution in [0.25, 0.3) is 0 Å². The van der Waals surface area contributed by atoms with E-state index in [1.807, 2.05) is 24.3 Å². The lowest BCUT2D eigenvalue weighted by Crippen LogP contribution is -2.21. The number of nitrogens with two attached hydrogens (primary N) is 1. The second-order valence-electron chi connectivity index (χ2n) is 3.63. The van der Waals surface area contributed by atoms with E-state index in [9.17, 15) is 0 Å². The summed E-state index contributed by atoms with van der Waals surface area (Å²) in [7, 11) is 0. The summed E-state index contributed by atoms with van der Waals surface area (Å²) in [5.41, 5.74) is 7.08. The molecule has 0 bridgehead atoms. The predicted octanol–water partition coefficient (Wildman–Crippen LogP) is 2.53. The number of benzene rings is 1. The molecule has 0 radical (unpaired) electrons. The Morgan fingerprint density at radius 1 is 1.50 bits per heavy atom. The monoisotopic (exact) mass is 181 g/mol. The summed E-state index contributed by atoms with van der Waals surface area (Å²) in [5.74, 6) is 0.567. The molecule has 2 N–H and O–H groups in total. The first kappa shape index (κ1) is 8.09. The normalized spacial score (nSPS) is 33.4. The Labute approximate surface area is 77.5 Å². The van der Waals surface area contributed by atoms with Gasteiger partial charge in [-0.2, -0.15) is 0 Å². The maximum Gasteiger partial charge on any atom is 0.0456 e. The SMILES string of the molecule is CC1CC1(N)c1ccccc1Cl. The molecular weight excluding hydrogens is 170 g/mol. The van der Waals surface area contributed by atoms with Crippen molar-refractivity contribution in [3.05, 3.63) is 34.9 Å². The molecule has 2 heteroatoms. The first-order chi connectivity index (χ1) is 5.64. The van der Waals surface area contributed by atoms with Gasteiger partial charge in [0.05, 0.1) is 0 Å². The van der Waals surface area contributed by atoms with E-state index in [-0.39, 0.29) is 5.54 Å². The molecule has 0 spiro atoms. The van der Waals surface area contributed by atoms with E-state index < -0.39 is 0 Å². The summed E-state index contributed by atoms with van der Waals surface area (Å²) in [4.78, 5) is 0. The van der Waals surface area contributed by atoms with Crippen molar-refractivity contribution >= 4 is 11.6 Å². The molecule has 2 unspecified atom stereocenters. The number of hydrogen-bond acceptors (Lipinski definition) is 1. The molecule has 1 saturated carbocycles. The van der Waals surface area contributed by atoms with Gasteiger partial charge >= 0.3 is 0 Å². The lowest BCUT2D eigenvalue weighted by atomic mass is 10.0. The summed E-state index contributed by atoms with van der Waals surface area (Å²) in [6, 6.07) is 7.84. The standard InChI is InChI=1S/C10H12ClN/c1-7-6-10(7,12)8-4-2-3-5-9(8)11/h2-5,7H,6,12H2,1H3. The third-order valence-electron chi connectivity index (χ3n) is 2.74. The fourth-order valence-corrected chi connectivity index (χ4v) is 1.97. The van der Waals surface area contributed by atoms with E-state index in [2.05, 4.69) is 6.92 Å². The van der Waals surface area contributed by atoms with Crippen molar-refractivity contribution in [2.45, 2.75) is 18.9 Å². The van der Waals surface area contributed by atoms with Crippen LogP contribution in [0.15, 0.2) is 24.3 Å². The molecule has 64 valence electrons. The van der Waals surface area contributed by atoms with Crippen LogP contribution in [0.5, 0.6) is 0 Å². The largest absolute Gasteiger partial charge is 0.321 e. The first-order valence-corrected chi connectivity index (χ1v) is 4.56. The molecule has 0 heterocycles. The molecule has 0 aromatic heterocycles. The van der Waals surface area contributed by atoms with Crippen LogP contribution in [0.4, 0.5) is 0 Å². The topological polar surface area (TPSA) is 26.0 Å². The Balaban J connectivity index is 2.41. The van der Waals surface area contributed by atoms with Crippen molar-refractivity contribution in [1.29, 1.82) is 0 Å². The highest BCUT2D eigenvalue weighted by Crippen LogP contribution is 2.50. The molecule has 0 aliphatic heterocycles. The third kappa shape index (κ3) is 1.05. The van der Waals surface area contributed by atoms with Crippen LogP contribution in [0.3, 0.4) is 0 Å². The average Bonchev–Trinajstić information content (AvgIpc) is 2.61. The molecule has 1 nitrogen and oxygen atoms in total. The van der Waals surface area contributed by atoms with E-state index in [4.69, 9.17) is 17.3 Å². The van der Waals surface area contributed by atoms with Crippen molar-refractivity contribution in [1.82, 2.24) is 0 Å². The van der Waals surface area contributed by atoms with Crippen molar-refractivity contribution < 1.29 is 0 Å². The Morgan fingerprint density at radius 3 is 2.58 bits per heavy atom. The van der Waals surface area contributed by atoms with Crippen molar-refractivity contribution in [2.75, 3.05) is 0 Å². The fraction of sp³-hybridized carbons (Fsp3) is 0.400. The van der Waals surface area contributed by atoms with Crippen LogP contribution < -0.4 is 5.73 Å². The van der Waals surface area contributed by atoms with E-state index >= 15 is 0 Å². The van der Waals surface area contributed by atoms with Gasteiger partial charge in [-0.15, -0.1) is 0 Å². The van der Waals surface area contributed by atoms with Crippen molar-refractivity contribution in [2.24, 2.45) is 11.7 Å². The Bertz CT molecular complexity index is 310. The zero-order valence-electron chi connectivity index (χ0n) is 7.05. The minimum Gasteiger partial charge on any atom is -0.321 e. The van der Waals surface area contributed by atoms with Crippen LogP contribution in [-0.2, 0) is 5.54 Å². The lowest BCUT2D eigenvalue weighted by molar-refractivity contribution is 0.665. The summed E-state index contributed by atoms with van der Waals surface area (Å²) >= 11 is 6.03. The van der Waals surface area contributed by atoms with Crippen LogP contribution in [0.1, 0.15) is 18.9 Å². The molecule has 1 aliphatic carbocycles. The van der Waals surface area contributed by atoms with Gasteiger partial charge in [0.2, 0.25) is 0 Å². The Hall–Kier alpha value is -0.530. The number of halogens is 1. The van der Waals surface area contributed by atoms with Gasteiger partial charge in [-0.05, 0) is 24.0 Å². The minimum absolute atomic E-state index is 0.141. The molecule has 1 fully saturated rings. The molecule has 12 heavy (non-hydrogen) atoms. The zero-order chi connectivity index (χ0) is 8.77. The Morgan fingerprint density at radius 2 is 2.08 bits per heavy atom. The smallest absolute Gasteiger partial charge is 0.0456 e. The number of hydrogen-bond donors (Lipinski definition) is 1. The van der Waals surface area contributed by atoms with Crippen LogP contribution in [-0.4, -0.2) is 0 Å². The van der Waals surface area contributed by atoms with Crippen LogP contribution >= 0.6 is 11.6 Å². The average molecular weight is 182 g/mol. The summed E-state index contributed by atoms with van der Waals surface area (Å²) in [6.45, 7) is 2.16.